The number of aryl methyl sites for hydroxylation is 5. The summed E-state index contributed by atoms with van der Waals surface area (Å²) in [6.45, 7) is 25.3. The molecule has 0 N–H and O–H groups in total. The first-order chi connectivity index (χ1) is 40.5. The maximum absolute atomic E-state index is 2.61. The highest BCUT2D eigenvalue weighted by Crippen LogP contribution is 2.49. The van der Waals surface area contributed by atoms with Crippen molar-refractivity contribution < 1.29 is 0 Å². The lowest BCUT2D eigenvalue weighted by atomic mass is 9.33. The van der Waals surface area contributed by atoms with Gasteiger partial charge in [-0.1, -0.05) is 175 Å². The topological polar surface area (TPSA) is 14.7 Å². The molecule has 14 rings (SSSR count). The molecule has 0 bridgehead atoms. The van der Waals surface area contributed by atoms with Crippen molar-refractivity contribution in [2.45, 2.75) is 87.0 Å². The number of aromatic nitrogens is 1. The normalized spacial score (nSPS) is 12.9. The van der Waals surface area contributed by atoms with Crippen LogP contribution < -0.4 is 31.1 Å². The smallest absolute Gasteiger partial charge is 0.252 e. The summed E-state index contributed by atoms with van der Waals surface area (Å²) in [6.07, 6.45) is 0. The van der Waals surface area contributed by atoms with Crippen LogP contribution in [0.1, 0.15) is 80.5 Å². The van der Waals surface area contributed by atoms with Crippen LogP contribution in [-0.4, -0.2) is 11.3 Å². The Labute approximate surface area is 497 Å². The highest BCUT2D eigenvalue weighted by Gasteiger charge is 2.44. The Hall–Kier alpha value is -9.32. The second kappa shape index (κ2) is 20.0. The Bertz CT molecular complexity index is 4510. The third-order valence-corrected chi connectivity index (χ3v) is 17.9. The minimum absolute atomic E-state index is 0.00923. The van der Waals surface area contributed by atoms with Gasteiger partial charge in [-0.15, -0.1) is 0 Å². The zero-order valence-electron chi connectivity index (χ0n) is 50.3. The van der Waals surface area contributed by atoms with Gasteiger partial charge in [0.1, 0.15) is 0 Å². The third kappa shape index (κ3) is 8.74. The van der Waals surface area contributed by atoms with Gasteiger partial charge in [0.05, 0.1) is 11.0 Å². The maximum atomic E-state index is 2.61. The van der Waals surface area contributed by atoms with E-state index in [0.29, 0.717) is 0 Å². The zero-order valence-corrected chi connectivity index (χ0v) is 50.3. The van der Waals surface area contributed by atoms with E-state index < -0.39 is 0 Å². The average Bonchev–Trinajstić information content (AvgIpc) is 0.881. The van der Waals surface area contributed by atoms with Gasteiger partial charge in [-0.25, -0.2) is 0 Å². The number of anilines is 9. The second-order valence-corrected chi connectivity index (χ2v) is 25.8. The van der Waals surface area contributed by atoms with E-state index in [-0.39, 0.29) is 17.5 Å². The van der Waals surface area contributed by atoms with Gasteiger partial charge in [0, 0.05) is 67.6 Å². The first-order valence-corrected chi connectivity index (χ1v) is 29.9. The van der Waals surface area contributed by atoms with Gasteiger partial charge in [0.25, 0.3) is 6.71 Å². The molecule has 0 saturated heterocycles. The van der Waals surface area contributed by atoms with Crippen LogP contribution in [0.4, 0.5) is 51.2 Å². The van der Waals surface area contributed by atoms with Gasteiger partial charge >= 0.3 is 0 Å². The molecule has 410 valence electrons. The lowest BCUT2D eigenvalue weighted by Gasteiger charge is -2.45. The molecule has 2 aliphatic rings. The Morgan fingerprint density at radius 3 is 1.33 bits per heavy atom. The molecule has 2 aliphatic heterocycles. The van der Waals surface area contributed by atoms with Gasteiger partial charge in [-0.2, -0.15) is 0 Å². The van der Waals surface area contributed by atoms with Crippen molar-refractivity contribution in [1.29, 1.82) is 0 Å². The lowest BCUT2D eigenvalue weighted by molar-refractivity contribution is 0.590. The summed E-state index contributed by atoms with van der Waals surface area (Å²) in [6, 6.07) is 87.1. The molecule has 0 saturated carbocycles. The Morgan fingerprint density at radius 1 is 0.345 bits per heavy atom. The summed E-state index contributed by atoms with van der Waals surface area (Å²) in [5.74, 6) is 0. The van der Waals surface area contributed by atoms with E-state index in [9.17, 15) is 0 Å². The number of hydrogen-bond donors (Lipinski definition) is 0. The van der Waals surface area contributed by atoms with Crippen molar-refractivity contribution in [3.8, 4) is 27.9 Å². The molecule has 11 aromatic carbocycles. The molecule has 0 unspecified atom stereocenters. The molecule has 0 amide bonds. The van der Waals surface area contributed by atoms with Crippen molar-refractivity contribution >= 4 is 96.1 Å². The molecule has 12 aromatic rings. The fourth-order valence-electron chi connectivity index (χ4n) is 14.0. The molecule has 3 heterocycles. The van der Waals surface area contributed by atoms with Crippen molar-refractivity contribution in [3.05, 3.63) is 269 Å². The molecule has 84 heavy (non-hydrogen) atoms. The molecule has 0 aliphatic carbocycles. The second-order valence-electron chi connectivity index (χ2n) is 25.8. The summed E-state index contributed by atoms with van der Waals surface area (Å²) in [5.41, 5.74) is 31.6. The minimum atomic E-state index is -0.0768. The van der Waals surface area contributed by atoms with Crippen LogP contribution in [0.5, 0.6) is 0 Å². The van der Waals surface area contributed by atoms with E-state index in [1.807, 2.05) is 0 Å². The highest BCUT2D eigenvalue weighted by atomic mass is 15.2. The predicted octanol–water partition coefficient (Wildman–Crippen LogP) is 19.8. The van der Waals surface area contributed by atoms with E-state index in [2.05, 4.69) is 326 Å². The Kier molecular flexibility index (Phi) is 12.5. The quantitative estimate of drug-likeness (QED) is 0.141. The Balaban J connectivity index is 1.04. The number of para-hydroxylation sites is 2. The van der Waals surface area contributed by atoms with Gasteiger partial charge in [-0.3, -0.25) is 0 Å². The molecule has 4 nitrogen and oxygen atoms in total. The van der Waals surface area contributed by atoms with Gasteiger partial charge in [0.15, 0.2) is 0 Å². The van der Waals surface area contributed by atoms with Gasteiger partial charge in [0.2, 0.25) is 0 Å². The summed E-state index contributed by atoms with van der Waals surface area (Å²) in [4.78, 5) is 7.69. The summed E-state index contributed by atoms with van der Waals surface area (Å²) in [5, 5.41) is 2.46. The predicted molar refractivity (Wildman–Crippen MR) is 361 cm³/mol. The molecular weight excluding hydrogens is 1020 g/mol. The number of fused-ring (bicyclic) bond motifs is 7. The molecule has 0 radical (unpaired) electrons. The first kappa shape index (κ1) is 52.7. The zero-order chi connectivity index (χ0) is 57.9. The van der Waals surface area contributed by atoms with E-state index in [4.69, 9.17) is 0 Å². The molecular formula is C79H71BN4. The fraction of sp³-hybridized carbons (Fsp3) is 0.165. The Morgan fingerprint density at radius 2 is 0.786 bits per heavy atom. The third-order valence-electron chi connectivity index (χ3n) is 17.9. The molecule has 1 aromatic heterocycles. The van der Waals surface area contributed by atoms with Crippen LogP contribution in [-0.2, 0) is 10.8 Å². The SMILES string of the molecule is Cc1cc2c3c(c1)N(c1cc(C)c(-c4ccccc4)c(C)c1)c1cc(C(C)(C)C)ccc1B3c1ccc(N(c3ccc(C(C)(C)C)cc3)c3ccc4c5ccccc5n(-c5ccccc5)c4c3)cc1N2c1cc(C)c(-c2ccccc2)c(C)c1. The van der Waals surface area contributed by atoms with E-state index in [1.54, 1.807) is 0 Å². The number of hydrogen-bond acceptors (Lipinski definition) is 3. The van der Waals surface area contributed by atoms with Crippen LogP contribution in [0, 0.1) is 34.6 Å². The van der Waals surface area contributed by atoms with Crippen LogP contribution in [0.2, 0.25) is 0 Å². The number of rotatable bonds is 8. The van der Waals surface area contributed by atoms with Gasteiger partial charge < -0.3 is 19.3 Å². The number of nitrogens with zero attached hydrogens (tertiary/aromatic N) is 4. The van der Waals surface area contributed by atoms with Gasteiger partial charge in [-0.05, 0) is 220 Å². The fourth-order valence-corrected chi connectivity index (χ4v) is 14.0. The summed E-state index contributed by atoms with van der Waals surface area (Å²) in [7, 11) is 0. The minimum Gasteiger partial charge on any atom is -0.311 e. The van der Waals surface area contributed by atoms with E-state index in [1.165, 1.54) is 122 Å². The summed E-state index contributed by atoms with van der Waals surface area (Å²) < 4.78 is 2.43. The maximum Gasteiger partial charge on any atom is 0.252 e. The number of benzene rings is 11. The molecule has 0 fully saturated rings. The summed E-state index contributed by atoms with van der Waals surface area (Å²) >= 11 is 0. The van der Waals surface area contributed by atoms with E-state index >= 15 is 0 Å². The van der Waals surface area contributed by atoms with Crippen LogP contribution in [0.15, 0.2) is 231 Å². The van der Waals surface area contributed by atoms with Crippen LogP contribution in [0.25, 0.3) is 49.7 Å². The first-order valence-electron chi connectivity index (χ1n) is 29.9. The van der Waals surface area contributed by atoms with E-state index in [0.717, 1.165) is 34.0 Å². The molecule has 0 spiro atoms. The van der Waals surface area contributed by atoms with Crippen molar-refractivity contribution in [1.82, 2.24) is 4.57 Å². The van der Waals surface area contributed by atoms with Crippen molar-refractivity contribution in [2.75, 3.05) is 14.7 Å². The highest BCUT2D eigenvalue weighted by molar-refractivity contribution is 7.00. The lowest BCUT2D eigenvalue weighted by Crippen LogP contribution is -2.61. The van der Waals surface area contributed by atoms with Crippen LogP contribution >= 0.6 is 0 Å². The molecule has 0 atom stereocenters. The molecule has 5 heteroatoms. The van der Waals surface area contributed by atoms with Crippen molar-refractivity contribution in [3.63, 3.8) is 0 Å². The standard InChI is InChI=1S/C79H71BN4/c1-50-41-73-77-74(42-50)84(64-45-53(4)76(54(5)46-64)56-25-17-13-18-26-56)72-49-62(37-40-68(72)80(77)67-39-33-58(79(9,10)11)47-71(67)83(73)63-43-51(2)75(52(3)44-63)55-23-15-12-16-24-55)81(60-34-31-57(32-35-60)78(6,7)8)61-36-38-66-65-29-21-22-30-69(65)82(70(66)48-61)59-27-19-14-20-28-59/h12-49H,1-11H3. The van der Waals surface area contributed by atoms with Crippen molar-refractivity contribution in [2.24, 2.45) is 0 Å². The monoisotopic (exact) mass is 1090 g/mol. The average molecular weight is 1090 g/mol. The van der Waals surface area contributed by atoms with Crippen LogP contribution in [0.3, 0.4) is 0 Å². The largest absolute Gasteiger partial charge is 0.311 e.